The van der Waals surface area contributed by atoms with E-state index in [2.05, 4.69) is 5.32 Å². The number of sulfone groups is 1. The average molecular weight is 330 g/mol. The Morgan fingerprint density at radius 3 is 2.77 bits per heavy atom. The van der Waals surface area contributed by atoms with Gasteiger partial charge in [-0.05, 0) is 39.0 Å². The fraction of sp³-hybridized carbons (Fsp3) is 0.933. The second kappa shape index (κ2) is 5.67. The first-order chi connectivity index (χ1) is 10.3. The van der Waals surface area contributed by atoms with E-state index in [4.69, 9.17) is 4.74 Å². The van der Waals surface area contributed by atoms with Crippen LogP contribution in [-0.4, -0.2) is 61.7 Å². The summed E-state index contributed by atoms with van der Waals surface area (Å²) in [4.78, 5) is 14.4. The van der Waals surface area contributed by atoms with E-state index < -0.39 is 9.84 Å². The molecule has 2 aliphatic carbocycles. The molecule has 0 bridgehead atoms. The molecule has 1 unspecified atom stereocenters. The fourth-order valence-corrected chi connectivity index (χ4v) is 5.16. The molecule has 1 N–H and O–H groups in total. The number of carbonyl (C=O) groups excluding carboxylic acids is 1. The zero-order valence-corrected chi connectivity index (χ0v) is 14.2. The van der Waals surface area contributed by atoms with Gasteiger partial charge in [0, 0.05) is 19.6 Å². The Balaban J connectivity index is 1.65. The highest BCUT2D eigenvalue weighted by molar-refractivity contribution is 7.91. The minimum Gasteiger partial charge on any atom is -0.373 e. The van der Waals surface area contributed by atoms with Gasteiger partial charge in [0.25, 0.3) is 0 Å². The predicted octanol–water partition coefficient (Wildman–Crippen LogP) is 1.16. The Kier molecular flexibility index (Phi) is 4.14. The molecule has 7 heteroatoms. The molecule has 1 heterocycles. The van der Waals surface area contributed by atoms with Crippen molar-refractivity contribution in [3.63, 3.8) is 0 Å². The van der Waals surface area contributed by atoms with E-state index in [1.165, 1.54) is 0 Å². The van der Waals surface area contributed by atoms with Gasteiger partial charge in [0.05, 0.1) is 29.2 Å². The molecule has 2 saturated carbocycles. The van der Waals surface area contributed by atoms with Crippen LogP contribution in [-0.2, 0) is 14.6 Å². The van der Waals surface area contributed by atoms with Crippen LogP contribution in [0.15, 0.2) is 0 Å². The summed E-state index contributed by atoms with van der Waals surface area (Å²) in [6.07, 6.45) is 3.42. The molecular weight excluding hydrogens is 304 g/mol. The van der Waals surface area contributed by atoms with Crippen molar-refractivity contribution >= 4 is 15.9 Å². The molecule has 6 nitrogen and oxygen atoms in total. The molecule has 126 valence electrons. The molecule has 2 amide bonds. The SMILES string of the molecule is CCO[C@@]1(C)C[C@H]1NC(=O)N1CCCS(=O)(=O)CC1C1CC1. The van der Waals surface area contributed by atoms with E-state index >= 15 is 0 Å². The van der Waals surface area contributed by atoms with Crippen molar-refractivity contribution in [1.82, 2.24) is 10.2 Å². The lowest BCUT2D eigenvalue weighted by Crippen LogP contribution is -2.50. The van der Waals surface area contributed by atoms with Gasteiger partial charge in [-0.25, -0.2) is 13.2 Å². The summed E-state index contributed by atoms with van der Waals surface area (Å²) in [6, 6.07) is -0.230. The van der Waals surface area contributed by atoms with Gasteiger partial charge in [0.1, 0.15) is 0 Å². The monoisotopic (exact) mass is 330 g/mol. The van der Waals surface area contributed by atoms with Crippen LogP contribution in [0.1, 0.15) is 39.5 Å². The van der Waals surface area contributed by atoms with Crippen LogP contribution >= 0.6 is 0 Å². The number of ether oxygens (including phenoxy) is 1. The summed E-state index contributed by atoms with van der Waals surface area (Å²) in [7, 11) is -3.03. The molecule has 0 aromatic rings. The quantitative estimate of drug-likeness (QED) is 0.839. The van der Waals surface area contributed by atoms with Crippen LogP contribution in [0.2, 0.25) is 0 Å². The zero-order valence-electron chi connectivity index (χ0n) is 13.4. The van der Waals surface area contributed by atoms with Crippen LogP contribution in [0.3, 0.4) is 0 Å². The number of hydrogen-bond acceptors (Lipinski definition) is 4. The lowest BCUT2D eigenvalue weighted by atomic mass is 10.2. The van der Waals surface area contributed by atoms with Crippen LogP contribution in [0, 0.1) is 5.92 Å². The van der Waals surface area contributed by atoms with Crippen LogP contribution in [0.5, 0.6) is 0 Å². The summed E-state index contributed by atoms with van der Waals surface area (Å²) in [5, 5.41) is 3.03. The summed E-state index contributed by atoms with van der Waals surface area (Å²) in [5.41, 5.74) is -0.253. The molecule has 0 aromatic heterocycles. The second-order valence-corrected chi connectivity index (χ2v) is 9.25. The fourth-order valence-electron chi connectivity index (χ4n) is 3.45. The molecule has 1 saturated heterocycles. The highest BCUT2D eigenvalue weighted by atomic mass is 32.2. The predicted molar refractivity (Wildman–Crippen MR) is 83.5 cm³/mol. The van der Waals surface area contributed by atoms with E-state index in [0.717, 1.165) is 19.3 Å². The largest absolute Gasteiger partial charge is 0.373 e. The van der Waals surface area contributed by atoms with Gasteiger partial charge >= 0.3 is 6.03 Å². The van der Waals surface area contributed by atoms with Gasteiger partial charge in [0.15, 0.2) is 9.84 Å². The normalized spacial score (nSPS) is 37.5. The standard InChI is InChI=1S/C15H26N2O4S/c1-3-21-15(2)9-13(15)16-14(18)17-7-4-8-22(19,20)10-12(17)11-5-6-11/h11-13H,3-10H2,1-2H3,(H,16,18)/t12?,13-,15+/m1/s1. The lowest BCUT2D eigenvalue weighted by Gasteiger charge is -2.30. The maximum absolute atomic E-state index is 12.6. The van der Waals surface area contributed by atoms with Gasteiger partial charge in [0.2, 0.25) is 0 Å². The van der Waals surface area contributed by atoms with Gasteiger partial charge < -0.3 is 15.0 Å². The molecule has 0 aromatic carbocycles. The Morgan fingerprint density at radius 2 is 2.14 bits per heavy atom. The molecule has 3 rings (SSSR count). The molecule has 22 heavy (non-hydrogen) atoms. The summed E-state index contributed by atoms with van der Waals surface area (Å²) < 4.78 is 29.7. The van der Waals surface area contributed by atoms with Gasteiger partial charge in [-0.1, -0.05) is 0 Å². The summed E-state index contributed by atoms with van der Waals surface area (Å²) in [6.45, 7) is 5.12. The maximum atomic E-state index is 12.6. The van der Waals surface area contributed by atoms with E-state index in [9.17, 15) is 13.2 Å². The minimum atomic E-state index is -3.03. The molecule has 3 fully saturated rings. The van der Waals surface area contributed by atoms with Crippen molar-refractivity contribution in [2.45, 2.75) is 57.2 Å². The van der Waals surface area contributed by atoms with E-state index in [1.807, 2.05) is 13.8 Å². The first-order valence-electron chi connectivity index (χ1n) is 8.26. The van der Waals surface area contributed by atoms with E-state index in [1.54, 1.807) is 4.90 Å². The maximum Gasteiger partial charge on any atom is 0.318 e. The Bertz CT molecular complexity index is 546. The van der Waals surface area contributed by atoms with Crippen molar-refractivity contribution in [1.29, 1.82) is 0 Å². The van der Waals surface area contributed by atoms with Gasteiger partial charge in [-0.3, -0.25) is 0 Å². The number of carbonyl (C=O) groups is 1. The minimum absolute atomic E-state index is 0.0414. The molecule has 3 aliphatic rings. The first kappa shape index (κ1) is 16.1. The van der Waals surface area contributed by atoms with Crippen LogP contribution in [0.25, 0.3) is 0 Å². The van der Waals surface area contributed by atoms with Crippen molar-refractivity contribution < 1.29 is 17.9 Å². The lowest BCUT2D eigenvalue weighted by molar-refractivity contribution is 0.0483. The molecule has 1 aliphatic heterocycles. The Morgan fingerprint density at radius 1 is 1.41 bits per heavy atom. The first-order valence-corrected chi connectivity index (χ1v) is 10.1. The summed E-state index contributed by atoms with van der Waals surface area (Å²) >= 11 is 0. The van der Waals surface area contributed by atoms with Crippen LogP contribution in [0.4, 0.5) is 4.79 Å². The molecule has 3 atom stereocenters. The highest BCUT2D eigenvalue weighted by Crippen LogP contribution is 2.40. The summed E-state index contributed by atoms with van der Waals surface area (Å²) in [5.74, 6) is 0.676. The number of urea groups is 1. The Hall–Kier alpha value is -0.820. The third-order valence-electron chi connectivity index (χ3n) is 5.06. The van der Waals surface area contributed by atoms with Crippen molar-refractivity contribution in [3.05, 3.63) is 0 Å². The highest BCUT2D eigenvalue weighted by Gasteiger charge is 2.53. The number of nitrogens with one attached hydrogen (secondary N) is 1. The van der Waals surface area contributed by atoms with Gasteiger partial charge in [-0.2, -0.15) is 0 Å². The average Bonchev–Trinajstić information content (AvgIpc) is 3.29. The second-order valence-electron chi connectivity index (χ2n) is 7.02. The van der Waals surface area contributed by atoms with Crippen LogP contribution < -0.4 is 5.32 Å². The number of amides is 2. The number of nitrogens with zero attached hydrogens (tertiary/aromatic N) is 1. The molecule has 0 radical (unpaired) electrons. The third-order valence-corrected chi connectivity index (χ3v) is 6.82. The van der Waals surface area contributed by atoms with Crippen molar-refractivity contribution in [3.8, 4) is 0 Å². The zero-order chi connectivity index (χ0) is 16.0. The van der Waals surface area contributed by atoms with Crippen molar-refractivity contribution in [2.24, 2.45) is 5.92 Å². The topological polar surface area (TPSA) is 75.7 Å². The number of hydrogen-bond donors (Lipinski definition) is 1. The van der Waals surface area contributed by atoms with E-state index in [0.29, 0.717) is 25.5 Å². The van der Waals surface area contributed by atoms with E-state index in [-0.39, 0.29) is 35.2 Å². The Labute approximate surface area is 132 Å². The third kappa shape index (κ3) is 3.40. The smallest absolute Gasteiger partial charge is 0.318 e. The number of rotatable bonds is 4. The molecule has 0 spiro atoms. The van der Waals surface area contributed by atoms with Crippen molar-refractivity contribution in [2.75, 3.05) is 24.7 Å². The van der Waals surface area contributed by atoms with Gasteiger partial charge in [-0.15, -0.1) is 0 Å². The molecular formula is C15H26N2O4S.